The van der Waals surface area contributed by atoms with E-state index in [4.69, 9.17) is 7.10 Å². The first kappa shape index (κ1) is 10.5. The molecule has 2 heterocycles. The molecule has 2 aliphatic rings. The third-order valence-corrected chi connectivity index (χ3v) is 3.55. The number of piperidine rings is 1. The van der Waals surface area contributed by atoms with Gasteiger partial charge in [-0.3, -0.25) is 19.7 Å². The van der Waals surface area contributed by atoms with Crippen molar-refractivity contribution in [2.75, 3.05) is 5.73 Å². The van der Waals surface area contributed by atoms with E-state index in [9.17, 15) is 14.4 Å². The summed E-state index contributed by atoms with van der Waals surface area (Å²) in [5.74, 6) is -1.08. The average molecular weight is 260 g/mol. The second-order valence-corrected chi connectivity index (χ2v) is 4.70. The highest BCUT2D eigenvalue weighted by Crippen LogP contribution is 2.30. The van der Waals surface area contributed by atoms with Crippen LogP contribution in [0.3, 0.4) is 0 Å². The Bertz CT molecular complexity index is 644. The van der Waals surface area contributed by atoms with Gasteiger partial charge in [0.05, 0.1) is 1.37 Å². The molecular weight excluding hydrogens is 246 g/mol. The van der Waals surface area contributed by atoms with Crippen LogP contribution in [-0.4, -0.2) is 28.7 Å². The van der Waals surface area contributed by atoms with E-state index in [0.717, 1.165) is 0 Å². The summed E-state index contributed by atoms with van der Waals surface area (Å²) < 4.78 is 7.60. The lowest BCUT2D eigenvalue weighted by atomic mass is 10.0. The summed E-state index contributed by atoms with van der Waals surface area (Å²) in [6.07, 6.45) is 0.535. The van der Waals surface area contributed by atoms with Crippen molar-refractivity contribution in [3.8, 4) is 0 Å². The van der Waals surface area contributed by atoms with Gasteiger partial charge < -0.3 is 10.6 Å². The zero-order valence-corrected chi connectivity index (χ0v) is 10.1. The molecule has 2 aliphatic heterocycles. The maximum Gasteiger partial charge on any atom is 0.255 e. The van der Waals surface area contributed by atoms with Crippen molar-refractivity contribution < 1.29 is 15.8 Å². The molecule has 3 rings (SSSR count). The quantitative estimate of drug-likeness (QED) is 0.550. The van der Waals surface area contributed by atoms with Crippen molar-refractivity contribution >= 4 is 23.4 Å². The molecule has 3 amide bonds. The number of nitrogens with zero attached hydrogens (tertiary/aromatic N) is 1. The minimum absolute atomic E-state index is 0.166. The minimum atomic E-state index is -0.652. The highest BCUT2D eigenvalue weighted by molar-refractivity contribution is 6.06. The number of nitrogen functional groups attached to an aromatic ring is 1. The van der Waals surface area contributed by atoms with Crippen molar-refractivity contribution in [2.24, 2.45) is 0 Å². The van der Waals surface area contributed by atoms with E-state index in [2.05, 4.69) is 5.32 Å². The molecule has 0 spiro atoms. The van der Waals surface area contributed by atoms with E-state index in [1.807, 2.05) is 0 Å². The van der Waals surface area contributed by atoms with Crippen LogP contribution in [0.1, 0.15) is 30.1 Å². The maximum atomic E-state index is 12.3. The second-order valence-electron chi connectivity index (χ2n) is 4.70. The molecule has 1 aromatic carbocycles. The van der Waals surface area contributed by atoms with Crippen LogP contribution in [0.4, 0.5) is 5.69 Å². The molecule has 0 aliphatic carbocycles. The van der Waals surface area contributed by atoms with Crippen molar-refractivity contribution in [2.45, 2.75) is 25.4 Å². The van der Waals surface area contributed by atoms with Crippen LogP contribution < -0.4 is 11.1 Å². The zero-order chi connectivity index (χ0) is 14.4. The van der Waals surface area contributed by atoms with Crippen LogP contribution in [-0.2, 0) is 16.1 Å². The number of rotatable bonds is 1. The third-order valence-electron chi connectivity index (χ3n) is 3.55. The molecule has 1 unspecified atom stereocenters. The summed E-state index contributed by atoms with van der Waals surface area (Å²) in [4.78, 5) is 36.8. The predicted molar refractivity (Wildman–Crippen MR) is 66.9 cm³/mol. The fourth-order valence-corrected chi connectivity index (χ4v) is 2.54. The molecule has 6 heteroatoms. The predicted octanol–water partition coefficient (Wildman–Crippen LogP) is 0.0298. The number of benzene rings is 1. The van der Waals surface area contributed by atoms with Gasteiger partial charge >= 0.3 is 0 Å². The summed E-state index contributed by atoms with van der Waals surface area (Å²) in [7, 11) is 0. The van der Waals surface area contributed by atoms with E-state index in [0.29, 0.717) is 23.2 Å². The van der Waals surface area contributed by atoms with Gasteiger partial charge in [0.1, 0.15) is 6.04 Å². The Hall–Kier alpha value is -2.37. The van der Waals surface area contributed by atoms with Gasteiger partial charge in [-0.05, 0) is 18.6 Å². The van der Waals surface area contributed by atoms with Gasteiger partial charge in [0, 0.05) is 29.8 Å². The van der Waals surface area contributed by atoms with Crippen molar-refractivity contribution in [1.29, 1.82) is 0 Å². The second kappa shape index (κ2) is 4.08. The van der Waals surface area contributed by atoms with E-state index in [-0.39, 0.29) is 30.8 Å². The van der Waals surface area contributed by atoms with Gasteiger partial charge in [0.15, 0.2) is 0 Å². The number of hydrogen-bond acceptors (Lipinski definition) is 4. The number of carbonyl (C=O) groups excluding carboxylic acids is 3. The molecule has 0 saturated carbocycles. The lowest BCUT2D eigenvalue weighted by Gasteiger charge is -2.29. The lowest BCUT2D eigenvalue weighted by Crippen LogP contribution is -2.52. The summed E-state index contributed by atoms with van der Waals surface area (Å²) in [6.45, 7) is 0.243. The Morgan fingerprint density at radius 3 is 2.89 bits per heavy atom. The molecule has 98 valence electrons. The van der Waals surface area contributed by atoms with E-state index < -0.39 is 11.9 Å². The SMILES string of the molecule is [2H]c1cc(N)c2c(c1)C(=O)N(C1CCC(=O)NC1=O)C2. The monoisotopic (exact) mass is 260 g/mol. The van der Waals surface area contributed by atoms with Crippen LogP contribution >= 0.6 is 0 Å². The zero-order valence-electron chi connectivity index (χ0n) is 11.1. The molecule has 0 aromatic heterocycles. The fourth-order valence-electron chi connectivity index (χ4n) is 2.54. The van der Waals surface area contributed by atoms with Crippen LogP contribution in [0.15, 0.2) is 18.2 Å². The van der Waals surface area contributed by atoms with Gasteiger partial charge in [-0.25, -0.2) is 0 Å². The van der Waals surface area contributed by atoms with Gasteiger partial charge in [-0.1, -0.05) is 6.04 Å². The van der Waals surface area contributed by atoms with Crippen molar-refractivity contribution in [1.82, 2.24) is 10.2 Å². The summed E-state index contributed by atoms with van der Waals surface area (Å²) in [5.41, 5.74) is 7.24. The summed E-state index contributed by atoms with van der Waals surface area (Å²) in [5, 5.41) is 2.24. The first-order chi connectivity index (χ1) is 9.47. The fraction of sp³-hybridized carbons (Fsp3) is 0.308. The largest absolute Gasteiger partial charge is 0.398 e. The van der Waals surface area contributed by atoms with Crippen molar-refractivity contribution in [3.63, 3.8) is 0 Å². The average Bonchev–Trinajstić information content (AvgIpc) is 2.68. The maximum absolute atomic E-state index is 12.3. The molecule has 1 aromatic rings. The van der Waals surface area contributed by atoms with Crippen LogP contribution in [0, 0.1) is 0 Å². The number of hydrogen-bond donors (Lipinski definition) is 2. The topological polar surface area (TPSA) is 92.5 Å². The Balaban J connectivity index is 1.92. The summed E-state index contributed by atoms with van der Waals surface area (Å²) in [6, 6.07) is 2.46. The minimum Gasteiger partial charge on any atom is -0.398 e. The van der Waals surface area contributed by atoms with Gasteiger partial charge in [-0.2, -0.15) is 0 Å². The van der Waals surface area contributed by atoms with Gasteiger partial charge in [-0.15, -0.1) is 0 Å². The first-order valence-electron chi connectivity index (χ1n) is 6.51. The highest BCUT2D eigenvalue weighted by atomic mass is 16.2. The Morgan fingerprint density at radius 2 is 2.16 bits per heavy atom. The normalized spacial score (nSPS) is 23.2. The van der Waals surface area contributed by atoms with E-state index in [1.165, 1.54) is 17.0 Å². The number of carbonyl (C=O) groups is 3. The molecule has 3 N–H and O–H groups in total. The third kappa shape index (κ3) is 1.76. The number of anilines is 1. The molecule has 19 heavy (non-hydrogen) atoms. The Kier molecular flexibility index (Phi) is 2.26. The standard InChI is InChI=1S/C13H13N3O3/c14-9-3-1-2-7-8(9)6-16(13(7)19)10-4-5-11(17)15-12(10)18/h1-3,10H,4-6,14H2,(H,15,17,18)/i1D. The van der Waals surface area contributed by atoms with Crippen LogP contribution in [0.5, 0.6) is 0 Å². The number of imide groups is 1. The highest BCUT2D eigenvalue weighted by Gasteiger charge is 2.39. The lowest BCUT2D eigenvalue weighted by molar-refractivity contribution is -0.136. The first-order valence-corrected chi connectivity index (χ1v) is 6.01. The van der Waals surface area contributed by atoms with Crippen molar-refractivity contribution in [3.05, 3.63) is 29.3 Å². The number of fused-ring (bicyclic) bond motifs is 1. The Morgan fingerprint density at radius 1 is 1.37 bits per heavy atom. The van der Waals surface area contributed by atoms with Crippen LogP contribution in [0.25, 0.3) is 0 Å². The number of amides is 3. The van der Waals surface area contributed by atoms with E-state index in [1.54, 1.807) is 0 Å². The van der Waals surface area contributed by atoms with E-state index >= 15 is 0 Å². The van der Waals surface area contributed by atoms with Gasteiger partial charge in [0.25, 0.3) is 5.91 Å². The molecular formula is C13H13N3O3. The number of nitrogens with one attached hydrogen (secondary N) is 1. The van der Waals surface area contributed by atoms with Crippen LogP contribution in [0.2, 0.25) is 0 Å². The molecule has 0 bridgehead atoms. The van der Waals surface area contributed by atoms with Gasteiger partial charge in [0.2, 0.25) is 11.8 Å². The number of nitrogens with two attached hydrogens (primary N) is 1. The summed E-state index contributed by atoms with van der Waals surface area (Å²) >= 11 is 0. The Labute approximate surface area is 111 Å². The molecule has 0 radical (unpaired) electrons. The smallest absolute Gasteiger partial charge is 0.255 e. The molecule has 1 saturated heterocycles. The molecule has 1 fully saturated rings. The molecule has 6 nitrogen and oxygen atoms in total. The molecule has 1 atom stereocenters.